The van der Waals surface area contributed by atoms with Crippen molar-refractivity contribution in [2.75, 3.05) is 0 Å². The molecule has 0 nitrogen and oxygen atoms in total. The van der Waals surface area contributed by atoms with Gasteiger partial charge in [-0.3, -0.25) is 0 Å². The average Bonchev–Trinajstić information content (AvgIpc) is 2.31. The third kappa shape index (κ3) is 1.54. The highest BCUT2D eigenvalue weighted by Crippen LogP contribution is 2.31. The van der Waals surface area contributed by atoms with Crippen molar-refractivity contribution in [3.05, 3.63) is 21.4 Å². The molecule has 0 fully saturated rings. The Morgan fingerprint density at radius 3 is 2.33 bits per heavy atom. The highest BCUT2D eigenvalue weighted by atomic mass is 32.1. The Morgan fingerprint density at radius 2 is 2.00 bits per heavy atom. The maximum atomic E-state index is 5.47. The van der Waals surface area contributed by atoms with E-state index < -0.39 is 0 Å². The molecule has 64 valence electrons. The van der Waals surface area contributed by atoms with Crippen molar-refractivity contribution in [2.45, 2.75) is 33.1 Å². The first-order chi connectivity index (χ1) is 5.47. The van der Waals surface area contributed by atoms with Crippen LogP contribution in [0.25, 0.3) is 0 Å². The molecule has 1 heterocycles. The molecule has 0 unspecified atom stereocenters. The summed E-state index contributed by atoms with van der Waals surface area (Å²) in [4.78, 5) is 2.68. The third-order valence-electron chi connectivity index (χ3n) is 2.08. The van der Waals surface area contributed by atoms with Gasteiger partial charge in [-0.05, 0) is 39.3 Å². The standard InChI is InChI=1S/C11H14S/c1-6-11(4,5)10-7-8(2)12-9(10)3/h1,7H,2-5H3. The monoisotopic (exact) mass is 178 g/mol. The first-order valence-electron chi connectivity index (χ1n) is 4.02. The molecule has 0 atom stereocenters. The van der Waals surface area contributed by atoms with E-state index in [1.165, 1.54) is 15.3 Å². The van der Waals surface area contributed by atoms with Crippen molar-refractivity contribution in [1.29, 1.82) is 0 Å². The average molecular weight is 178 g/mol. The highest BCUT2D eigenvalue weighted by Gasteiger charge is 2.20. The van der Waals surface area contributed by atoms with E-state index in [4.69, 9.17) is 6.42 Å². The zero-order chi connectivity index (χ0) is 9.35. The number of rotatable bonds is 1. The number of hydrogen-bond donors (Lipinski definition) is 0. The van der Waals surface area contributed by atoms with E-state index in [1.807, 2.05) is 11.3 Å². The number of terminal acetylenes is 1. The van der Waals surface area contributed by atoms with Gasteiger partial charge < -0.3 is 0 Å². The minimum atomic E-state index is -0.116. The molecule has 0 aromatic carbocycles. The molecule has 1 rings (SSSR count). The summed E-state index contributed by atoms with van der Waals surface area (Å²) in [7, 11) is 0. The Kier molecular flexibility index (Phi) is 2.30. The maximum Gasteiger partial charge on any atom is 0.0514 e. The number of thiophene rings is 1. The Bertz CT molecular complexity index is 323. The van der Waals surface area contributed by atoms with E-state index in [1.54, 1.807) is 0 Å². The van der Waals surface area contributed by atoms with Crippen molar-refractivity contribution in [3.63, 3.8) is 0 Å². The number of hydrogen-bond acceptors (Lipinski definition) is 1. The summed E-state index contributed by atoms with van der Waals surface area (Å²) < 4.78 is 0. The van der Waals surface area contributed by atoms with Gasteiger partial charge in [-0.25, -0.2) is 0 Å². The Balaban J connectivity index is 3.21. The fourth-order valence-electron chi connectivity index (χ4n) is 1.33. The second-order valence-corrected chi connectivity index (χ2v) is 5.06. The van der Waals surface area contributed by atoms with Gasteiger partial charge in [0.1, 0.15) is 0 Å². The van der Waals surface area contributed by atoms with E-state index in [0.717, 1.165) is 0 Å². The van der Waals surface area contributed by atoms with Crippen molar-refractivity contribution in [2.24, 2.45) is 0 Å². The molecule has 1 aromatic heterocycles. The topological polar surface area (TPSA) is 0 Å². The van der Waals surface area contributed by atoms with Crippen LogP contribution in [0.4, 0.5) is 0 Å². The normalized spacial score (nSPS) is 11.2. The minimum absolute atomic E-state index is 0.116. The Hall–Kier alpha value is -0.740. The third-order valence-corrected chi connectivity index (χ3v) is 3.04. The van der Waals surface area contributed by atoms with E-state index in [9.17, 15) is 0 Å². The van der Waals surface area contributed by atoms with Crippen molar-refractivity contribution in [1.82, 2.24) is 0 Å². The SMILES string of the molecule is C#CC(C)(C)c1cc(C)sc1C. The molecule has 0 radical (unpaired) electrons. The molecular formula is C11H14S. The highest BCUT2D eigenvalue weighted by molar-refractivity contribution is 7.12. The molecule has 12 heavy (non-hydrogen) atoms. The minimum Gasteiger partial charge on any atom is -0.146 e. The number of aryl methyl sites for hydroxylation is 2. The Labute approximate surface area is 78.6 Å². The fourth-order valence-corrected chi connectivity index (χ4v) is 2.41. The van der Waals surface area contributed by atoms with Gasteiger partial charge in [0, 0.05) is 9.75 Å². The van der Waals surface area contributed by atoms with Crippen LogP contribution in [0.5, 0.6) is 0 Å². The first-order valence-corrected chi connectivity index (χ1v) is 4.84. The lowest BCUT2D eigenvalue weighted by atomic mass is 9.86. The summed E-state index contributed by atoms with van der Waals surface area (Å²) in [5.41, 5.74) is 1.18. The van der Waals surface area contributed by atoms with Gasteiger partial charge in [-0.1, -0.05) is 5.92 Å². The predicted molar refractivity (Wildman–Crippen MR) is 55.7 cm³/mol. The van der Waals surface area contributed by atoms with Crippen molar-refractivity contribution in [3.8, 4) is 12.3 Å². The second-order valence-electron chi connectivity index (χ2n) is 3.60. The fraction of sp³-hybridized carbons (Fsp3) is 0.455. The molecule has 0 aliphatic rings. The Morgan fingerprint density at radius 1 is 1.42 bits per heavy atom. The van der Waals surface area contributed by atoms with Crippen LogP contribution in [0.15, 0.2) is 6.07 Å². The van der Waals surface area contributed by atoms with E-state index in [2.05, 4.69) is 39.7 Å². The first kappa shape index (κ1) is 9.35. The van der Waals surface area contributed by atoms with Gasteiger partial charge in [0.05, 0.1) is 5.41 Å². The lowest BCUT2D eigenvalue weighted by Gasteiger charge is -2.16. The molecule has 0 saturated heterocycles. The quantitative estimate of drug-likeness (QED) is 0.579. The van der Waals surface area contributed by atoms with Crippen molar-refractivity contribution >= 4 is 11.3 Å². The summed E-state index contributed by atoms with van der Waals surface area (Å²) in [5, 5.41) is 0. The molecule has 0 bridgehead atoms. The largest absolute Gasteiger partial charge is 0.146 e. The molecule has 0 amide bonds. The van der Waals surface area contributed by atoms with Crippen molar-refractivity contribution < 1.29 is 0 Å². The van der Waals surface area contributed by atoms with Gasteiger partial charge in [0.2, 0.25) is 0 Å². The molecule has 0 spiro atoms. The van der Waals surface area contributed by atoms with Crippen LogP contribution in [0.2, 0.25) is 0 Å². The van der Waals surface area contributed by atoms with Gasteiger partial charge in [0.15, 0.2) is 0 Å². The summed E-state index contributed by atoms with van der Waals surface area (Å²) in [6, 6.07) is 2.19. The molecule has 0 aliphatic heterocycles. The lowest BCUT2D eigenvalue weighted by Crippen LogP contribution is -2.13. The molecule has 0 N–H and O–H groups in total. The van der Waals surface area contributed by atoms with Gasteiger partial charge in [-0.15, -0.1) is 17.8 Å². The van der Waals surface area contributed by atoms with Crippen LogP contribution in [0.3, 0.4) is 0 Å². The summed E-state index contributed by atoms with van der Waals surface area (Å²) in [6.07, 6.45) is 5.47. The van der Waals surface area contributed by atoms with E-state index in [-0.39, 0.29) is 5.41 Å². The summed E-state index contributed by atoms with van der Waals surface area (Å²) in [6.45, 7) is 8.42. The van der Waals surface area contributed by atoms with Gasteiger partial charge >= 0.3 is 0 Å². The van der Waals surface area contributed by atoms with E-state index in [0.29, 0.717) is 0 Å². The molecule has 1 heteroatoms. The van der Waals surface area contributed by atoms with Crippen LogP contribution in [-0.2, 0) is 5.41 Å². The van der Waals surface area contributed by atoms with Crippen LogP contribution in [0.1, 0.15) is 29.2 Å². The predicted octanol–water partition coefficient (Wildman–Crippen LogP) is 3.28. The van der Waals surface area contributed by atoms with Crippen LogP contribution in [0, 0.1) is 26.2 Å². The molecule has 0 saturated carbocycles. The maximum absolute atomic E-state index is 5.47. The lowest BCUT2D eigenvalue weighted by molar-refractivity contribution is 0.697. The van der Waals surface area contributed by atoms with Crippen LogP contribution >= 0.6 is 11.3 Å². The zero-order valence-electron chi connectivity index (χ0n) is 8.06. The summed E-state index contributed by atoms with van der Waals surface area (Å²) in [5.74, 6) is 2.82. The smallest absolute Gasteiger partial charge is 0.0514 e. The van der Waals surface area contributed by atoms with Crippen LogP contribution < -0.4 is 0 Å². The molecular weight excluding hydrogens is 164 g/mol. The van der Waals surface area contributed by atoms with Crippen LogP contribution in [-0.4, -0.2) is 0 Å². The summed E-state index contributed by atoms with van der Waals surface area (Å²) >= 11 is 1.82. The zero-order valence-corrected chi connectivity index (χ0v) is 8.88. The van der Waals surface area contributed by atoms with Gasteiger partial charge in [0.25, 0.3) is 0 Å². The van der Waals surface area contributed by atoms with E-state index >= 15 is 0 Å². The van der Waals surface area contributed by atoms with Gasteiger partial charge in [-0.2, -0.15) is 0 Å². The molecule has 1 aromatic rings. The molecule has 0 aliphatic carbocycles. The second kappa shape index (κ2) is 2.95.